The molecule has 0 aromatic heterocycles. The third kappa shape index (κ3) is 2.42. The number of carbonyl (C=O) groups is 1. The van der Waals surface area contributed by atoms with Crippen molar-refractivity contribution in [1.82, 2.24) is 0 Å². The summed E-state index contributed by atoms with van der Waals surface area (Å²) in [7, 11) is 0. The maximum atomic E-state index is 13.2. The number of halogens is 1. The predicted molar refractivity (Wildman–Crippen MR) is 54.7 cm³/mol. The smallest absolute Gasteiger partial charge is 0.144 e. The van der Waals surface area contributed by atoms with Crippen molar-refractivity contribution in [3.8, 4) is 0 Å². The highest BCUT2D eigenvalue weighted by atomic mass is 19.1. The van der Waals surface area contributed by atoms with E-state index in [4.69, 9.17) is 0 Å². The van der Waals surface area contributed by atoms with Crippen molar-refractivity contribution in [3.63, 3.8) is 0 Å². The minimum Gasteiger partial charge on any atom is -0.361 e. The number of rotatable bonds is 3. The molecule has 0 atom stereocenters. The molecule has 0 saturated carbocycles. The Morgan fingerprint density at radius 1 is 1.36 bits per heavy atom. The molecule has 1 aromatic rings. The summed E-state index contributed by atoms with van der Waals surface area (Å²) in [4.78, 5) is 9.98. The van der Waals surface area contributed by atoms with Crippen LogP contribution in [-0.4, -0.2) is 6.29 Å². The number of hydrogen-bond acceptors (Lipinski definition) is 2. The van der Waals surface area contributed by atoms with Crippen LogP contribution in [-0.2, 0) is 4.79 Å². The van der Waals surface area contributed by atoms with Gasteiger partial charge in [-0.05, 0) is 43.2 Å². The number of carbonyl (C=O) groups excluding carboxylic acids is 1. The Labute approximate surface area is 82.4 Å². The number of aldehydes is 1. The lowest BCUT2D eigenvalue weighted by molar-refractivity contribution is -0.104. The molecule has 0 aliphatic rings. The Morgan fingerprint density at radius 2 is 2.07 bits per heavy atom. The summed E-state index contributed by atoms with van der Waals surface area (Å²) in [6.07, 6.45) is 3.44. The Balaban J connectivity index is 2.89. The molecule has 0 saturated heterocycles. The summed E-state index contributed by atoms with van der Waals surface area (Å²) < 4.78 is 13.2. The van der Waals surface area contributed by atoms with Gasteiger partial charge in [0.25, 0.3) is 0 Å². The Morgan fingerprint density at radius 3 is 2.64 bits per heavy atom. The van der Waals surface area contributed by atoms with Gasteiger partial charge in [-0.3, -0.25) is 4.79 Å². The van der Waals surface area contributed by atoms with Crippen LogP contribution in [0.3, 0.4) is 0 Å². The highest BCUT2D eigenvalue weighted by Crippen LogP contribution is 2.18. The molecule has 1 rings (SSSR count). The van der Waals surface area contributed by atoms with Gasteiger partial charge in [-0.1, -0.05) is 0 Å². The summed E-state index contributed by atoms with van der Waals surface area (Å²) in [6.45, 7) is 3.57. The number of anilines is 1. The van der Waals surface area contributed by atoms with Crippen LogP contribution in [0.25, 0.3) is 0 Å². The first-order chi connectivity index (χ1) is 6.65. The van der Waals surface area contributed by atoms with Crippen LogP contribution in [0.4, 0.5) is 10.1 Å². The Kier molecular flexibility index (Phi) is 3.40. The number of benzene rings is 1. The number of allylic oxidation sites excluding steroid dienone is 1. The summed E-state index contributed by atoms with van der Waals surface area (Å²) in [6, 6.07) is 3.23. The predicted octanol–water partition coefficient (Wildman–Crippen LogP) is 2.57. The summed E-state index contributed by atoms with van der Waals surface area (Å²) in [5, 5.41) is 2.80. The van der Waals surface area contributed by atoms with Crippen molar-refractivity contribution in [1.29, 1.82) is 0 Å². The molecule has 3 heteroatoms. The third-order valence-corrected chi connectivity index (χ3v) is 2.03. The number of hydrogen-bond donors (Lipinski definition) is 1. The fraction of sp³-hybridized carbons (Fsp3) is 0.182. The van der Waals surface area contributed by atoms with E-state index in [1.54, 1.807) is 6.92 Å². The van der Waals surface area contributed by atoms with E-state index in [1.165, 1.54) is 18.3 Å². The molecule has 1 aromatic carbocycles. The molecule has 2 nitrogen and oxygen atoms in total. The molecule has 0 amide bonds. The molecule has 0 heterocycles. The fourth-order valence-electron chi connectivity index (χ4n) is 1.08. The third-order valence-electron chi connectivity index (χ3n) is 2.03. The van der Waals surface area contributed by atoms with E-state index in [-0.39, 0.29) is 5.82 Å². The molecule has 1 N–H and O–H groups in total. The average Bonchev–Trinajstić information content (AvgIpc) is 2.14. The Bertz CT molecular complexity index is 349. The zero-order chi connectivity index (χ0) is 10.6. The lowest BCUT2D eigenvalue weighted by Crippen LogP contribution is -1.93. The molecule has 14 heavy (non-hydrogen) atoms. The molecule has 0 aliphatic heterocycles. The van der Waals surface area contributed by atoms with Crippen molar-refractivity contribution in [2.75, 3.05) is 5.32 Å². The Hall–Kier alpha value is -1.64. The lowest BCUT2D eigenvalue weighted by atomic mass is 10.1. The van der Waals surface area contributed by atoms with E-state index in [0.717, 1.165) is 5.56 Å². The van der Waals surface area contributed by atoms with Gasteiger partial charge in [-0.25, -0.2) is 4.39 Å². The van der Waals surface area contributed by atoms with Gasteiger partial charge in [-0.2, -0.15) is 0 Å². The van der Waals surface area contributed by atoms with Crippen LogP contribution in [0, 0.1) is 19.7 Å². The van der Waals surface area contributed by atoms with Gasteiger partial charge in [0.15, 0.2) is 0 Å². The molecular formula is C11H12FNO. The van der Waals surface area contributed by atoms with Gasteiger partial charge in [0.2, 0.25) is 0 Å². The van der Waals surface area contributed by atoms with Gasteiger partial charge >= 0.3 is 0 Å². The summed E-state index contributed by atoms with van der Waals surface area (Å²) in [5.74, 6) is -0.244. The van der Waals surface area contributed by atoms with Crippen LogP contribution in [0.15, 0.2) is 24.4 Å². The first-order valence-corrected chi connectivity index (χ1v) is 4.28. The van der Waals surface area contributed by atoms with Crippen molar-refractivity contribution < 1.29 is 9.18 Å². The first kappa shape index (κ1) is 10.4. The van der Waals surface area contributed by atoms with E-state index >= 15 is 0 Å². The van der Waals surface area contributed by atoms with E-state index in [0.29, 0.717) is 17.5 Å². The quantitative estimate of drug-likeness (QED) is 0.590. The number of nitrogens with one attached hydrogen (secondary N) is 1. The minimum absolute atomic E-state index is 0.244. The van der Waals surface area contributed by atoms with Gasteiger partial charge < -0.3 is 5.32 Å². The van der Waals surface area contributed by atoms with E-state index in [9.17, 15) is 9.18 Å². The van der Waals surface area contributed by atoms with Crippen LogP contribution in [0.5, 0.6) is 0 Å². The highest BCUT2D eigenvalue weighted by molar-refractivity contribution is 5.66. The molecular weight excluding hydrogens is 181 g/mol. The standard InChI is InChI=1S/C11H12FNO/c1-8-6-10(13-4-3-5-14)7-11(12)9(8)2/h3-7,13H,1-2H3/b4-3-. The van der Waals surface area contributed by atoms with Crippen molar-refractivity contribution in [2.24, 2.45) is 0 Å². The van der Waals surface area contributed by atoms with E-state index in [2.05, 4.69) is 5.32 Å². The van der Waals surface area contributed by atoms with Crippen LogP contribution >= 0.6 is 0 Å². The SMILES string of the molecule is Cc1cc(N/C=C\C=O)cc(F)c1C. The lowest BCUT2D eigenvalue weighted by Gasteiger charge is -2.06. The summed E-state index contributed by atoms with van der Waals surface area (Å²) >= 11 is 0. The molecule has 0 unspecified atom stereocenters. The molecule has 0 radical (unpaired) electrons. The molecule has 0 fully saturated rings. The van der Waals surface area contributed by atoms with Crippen molar-refractivity contribution >= 4 is 12.0 Å². The van der Waals surface area contributed by atoms with Gasteiger partial charge in [0.05, 0.1) is 0 Å². The van der Waals surface area contributed by atoms with Crippen LogP contribution < -0.4 is 5.32 Å². The topological polar surface area (TPSA) is 29.1 Å². The zero-order valence-corrected chi connectivity index (χ0v) is 8.17. The van der Waals surface area contributed by atoms with E-state index < -0.39 is 0 Å². The van der Waals surface area contributed by atoms with E-state index in [1.807, 2.05) is 13.0 Å². The molecule has 0 aliphatic carbocycles. The largest absolute Gasteiger partial charge is 0.361 e. The normalized spacial score (nSPS) is 10.5. The van der Waals surface area contributed by atoms with Gasteiger partial charge in [-0.15, -0.1) is 0 Å². The first-order valence-electron chi connectivity index (χ1n) is 4.28. The maximum absolute atomic E-state index is 13.2. The number of aryl methyl sites for hydroxylation is 1. The van der Waals surface area contributed by atoms with Crippen molar-refractivity contribution in [3.05, 3.63) is 41.4 Å². The second-order valence-electron chi connectivity index (χ2n) is 3.04. The molecule has 0 bridgehead atoms. The van der Waals surface area contributed by atoms with Gasteiger partial charge in [0.1, 0.15) is 12.1 Å². The minimum atomic E-state index is -0.244. The maximum Gasteiger partial charge on any atom is 0.144 e. The van der Waals surface area contributed by atoms with Gasteiger partial charge in [0, 0.05) is 11.9 Å². The highest BCUT2D eigenvalue weighted by Gasteiger charge is 2.02. The molecule has 0 spiro atoms. The summed E-state index contributed by atoms with van der Waals surface area (Å²) in [5.41, 5.74) is 2.17. The monoisotopic (exact) mass is 193 g/mol. The van der Waals surface area contributed by atoms with Crippen LogP contribution in [0.2, 0.25) is 0 Å². The zero-order valence-electron chi connectivity index (χ0n) is 8.17. The second-order valence-corrected chi connectivity index (χ2v) is 3.04. The molecule has 74 valence electrons. The van der Waals surface area contributed by atoms with Crippen LogP contribution in [0.1, 0.15) is 11.1 Å². The average molecular weight is 193 g/mol. The second kappa shape index (κ2) is 4.56. The van der Waals surface area contributed by atoms with Crippen molar-refractivity contribution in [2.45, 2.75) is 13.8 Å². The fourth-order valence-corrected chi connectivity index (χ4v) is 1.08.